The number of alkyl halides is 3. The molecule has 0 bridgehead atoms. The second-order valence-electron chi connectivity index (χ2n) is 4.10. The number of pyridine rings is 1. The molecule has 108 valence electrons. The Morgan fingerprint density at radius 2 is 1.79 bits per heavy atom. The first-order valence-electron chi connectivity index (χ1n) is 6.11. The summed E-state index contributed by atoms with van der Waals surface area (Å²) in [6, 6.07) is 1.90. The minimum Gasteiger partial charge on any atom is -0.391 e. The van der Waals surface area contributed by atoms with Gasteiger partial charge in [-0.25, -0.2) is 4.98 Å². The quantitative estimate of drug-likeness (QED) is 0.748. The van der Waals surface area contributed by atoms with Crippen LogP contribution in [0.25, 0.3) is 0 Å². The number of aliphatic hydroxyl groups excluding tert-OH is 1. The Morgan fingerprint density at radius 3 is 2.26 bits per heavy atom. The second kappa shape index (κ2) is 6.60. The van der Waals surface area contributed by atoms with Crippen LogP contribution in [0.3, 0.4) is 0 Å². The molecule has 0 aliphatic heterocycles. The van der Waals surface area contributed by atoms with Crippen molar-refractivity contribution in [1.29, 1.82) is 0 Å². The Hall–Kier alpha value is -1.50. The SMILES string of the molecule is CCNc1cc(C(F)(F)F)cc(NCC(O)CC)n1. The van der Waals surface area contributed by atoms with Crippen molar-refractivity contribution in [1.82, 2.24) is 4.98 Å². The molecular weight excluding hydrogens is 259 g/mol. The monoisotopic (exact) mass is 277 g/mol. The smallest absolute Gasteiger partial charge is 0.391 e. The van der Waals surface area contributed by atoms with E-state index in [9.17, 15) is 18.3 Å². The fourth-order valence-corrected chi connectivity index (χ4v) is 1.42. The highest BCUT2D eigenvalue weighted by Gasteiger charge is 2.31. The number of hydrogen-bond donors (Lipinski definition) is 3. The van der Waals surface area contributed by atoms with Gasteiger partial charge in [0.1, 0.15) is 11.6 Å². The van der Waals surface area contributed by atoms with Crippen LogP contribution in [0, 0.1) is 0 Å². The average Bonchev–Trinajstić information content (AvgIpc) is 2.35. The molecule has 0 spiro atoms. The lowest BCUT2D eigenvalue weighted by Gasteiger charge is -2.14. The van der Waals surface area contributed by atoms with Crippen molar-refractivity contribution >= 4 is 11.6 Å². The average molecular weight is 277 g/mol. The Kier molecular flexibility index (Phi) is 5.41. The van der Waals surface area contributed by atoms with Crippen molar-refractivity contribution in [2.45, 2.75) is 32.5 Å². The predicted octanol–water partition coefficient (Wildman–Crippen LogP) is 2.72. The summed E-state index contributed by atoms with van der Waals surface area (Å²) in [5.74, 6) is 0.254. The Bertz CT molecular complexity index is 410. The van der Waals surface area contributed by atoms with E-state index < -0.39 is 17.8 Å². The van der Waals surface area contributed by atoms with E-state index in [1.165, 1.54) is 0 Å². The number of aliphatic hydroxyl groups is 1. The largest absolute Gasteiger partial charge is 0.416 e. The molecule has 0 saturated carbocycles. The molecule has 1 rings (SSSR count). The van der Waals surface area contributed by atoms with E-state index in [0.29, 0.717) is 13.0 Å². The molecular formula is C12H18F3N3O. The summed E-state index contributed by atoms with van der Waals surface area (Å²) in [5, 5.41) is 14.8. The van der Waals surface area contributed by atoms with Gasteiger partial charge in [0.15, 0.2) is 0 Å². The first kappa shape index (κ1) is 15.6. The highest BCUT2D eigenvalue weighted by Crippen LogP contribution is 2.32. The van der Waals surface area contributed by atoms with Crippen LogP contribution in [0.4, 0.5) is 24.8 Å². The number of aromatic nitrogens is 1. The molecule has 0 aromatic carbocycles. The van der Waals surface area contributed by atoms with Gasteiger partial charge in [-0.3, -0.25) is 0 Å². The molecule has 0 fully saturated rings. The maximum atomic E-state index is 12.7. The molecule has 0 aliphatic rings. The van der Waals surface area contributed by atoms with Gasteiger partial charge in [-0.1, -0.05) is 6.92 Å². The van der Waals surface area contributed by atoms with Gasteiger partial charge in [-0.05, 0) is 25.5 Å². The van der Waals surface area contributed by atoms with E-state index in [2.05, 4.69) is 15.6 Å². The Balaban J connectivity index is 2.93. The van der Waals surface area contributed by atoms with Gasteiger partial charge < -0.3 is 15.7 Å². The third kappa shape index (κ3) is 4.94. The molecule has 3 N–H and O–H groups in total. The topological polar surface area (TPSA) is 57.2 Å². The van der Waals surface area contributed by atoms with Crippen LogP contribution in [-0.2, 0) is 6.18 Å². The molecule has 1 atom stereocenters. The fourth-order valence-electron chi connectivity index (χ4n) is 1.42. The van der Waals surface area contributed by atoms with Crippen LogP contribution < -0.4 is 10.6 Å². The van der Waals surface area contributed by atoms with Crippen molar-refractivity contribution in [2.75, 3.05) is 23.7 Å². The van der Waals surface area contributed by atoms with Crippen LogP contribution in [0.2, 0.25) is 0 Å². The van der Waals surface area contributed by atoms with E-state index >= 15 is 0 Å². The summed E-state index contributed by atoms with van der Waals surface area (Å²) in [5.41, 5.74) is -0.771. The molecule has 1 aromatic heterocycles. The zero-order chi connectivity index (χ0) is 14.5. The van der Waals surface area contributed by atoms with E-state index in [0.717, 1.165) is 12.1 Å². The Labute approximate surface area is 110 Å². The lowest BCUT2D eigenvalue weighted by Crippen LogP contribution is -2.19. The summed E-state index contributed by atoms with van der Waals surface area (Å²) in [6.45, 7) is 4.20. The summed E-state index contributed by atoms with van der Waals surface area (Å²) in [4.78, 5) is 4.01. The van der Waals surface area contributed by atoms with Gasteiger partial charge in [0.05, 0.1) is 11.7 Å². The van der Waals surface area contributed by atoms with Crippen LogP contribution in [0.5, 0.6) is 0 Å². The zero-order valence-corrected chi connectivity index (χ0v) is 10.9. The first-order chi connectivity index (χ1) is 8.86. The minimum atomic E-state index is -4.42. The van der Waals surface area contributed by atoms with Crippen molar-refractivity contribution in [3.05, 3.63) is 17.7 Å². The molecule has 0 aliphatic carbocycles. The highest BCUT2D eigenvalue weighted by molar-refractivity contribution is 5.49. The number of nitrogens with one attached hydrogen (secondary N) is 2. The molecule has 0 amide bonds. The van der Waals surface area contributed by atoms with E-state index in [1.54, 1.807) is 13.8 Å². The number of nitrogens with zero attached hydrogens (tertiary/aromatic N) is 1. The van der Waals surface area contributed by atoms with Crippen LogP contribution in [-0.4, -0.2) is 29.3 Å². The van der Waals surface area contributed by atoms with Gasteiger partial charge >= 0.3 is 6.18 Å². The van der Waals surface area contributed by atoms with Crippen molar-refractivity contribution in [3.8, 4) is 0 Å². The minimum absolute atomic E-state index is 0.0956. The summed E-state index contributed by atoms with van der Waals surface area (Å²) < 4.78 is 38.2. The second-order valence-corrected chi connectivity index (χ2v) is 4.10. The van der Waals surface area contributed by atoms with Crippen molar-refractivity contribution in [2.24, 2.45) is 0 Å². The lowest BCUT2D eigenvalue weighted by atomic mass is 10.2. The number of anilines is 2. The van der Waals surface area contributed by atoms with Gasteiger partial charge in [0.2, 0.25) is 0 Å². The normalized spacial score (nSPS) is 13.2. The first-order valence-corrected chi connectivity index (χ1v) is 6.11. The van der Waals surface area contributed by atoms with E-state index in [1.807, 2.05) is 0 Å². The summed E-state index contributed by atoms with van der Waals surface area (Å²) >= 11 is 0. The van der Waals surface area contributed by atoms with Crippen molar-refractivity contribution in [3.63, 3.8) is 0 Å². The van der Waals surface area contributed by atoms with Gasteiger partial charge in [-0.2, -0.15) is 13.2 Å². The molecule has 1 heterocycles. The fraction of sp³-hybridized carbons (Fsp3) is 0.583. The molecule has 0 saturated heterocycles. The number of rotatable bonds is 6. The third-order valence-corrected chi connectivity index (χ3v) is 2.50. The molecule has 4 nitrogen and oxygen atoms in total. The van der Waals surface area contributed by atoms with Crippen LogP contribution in [0.1, 0.15) is 25.8 Å². The maximum absolute atomic E-state index is 12.7. The van der Waals surface area contributed by atoms with Crippen molar-refractivity contribution < 1.29 is 18.3 Å². The zero-order valence-electron chi connectivity index (χ0n) is 10.9. The molecule has 19 heavy (non-hydrogen) atoms. The van der Waals surface area contributed by atoms with E-state index in [4.69, 9.17) is 0 Å². The van der Waals surface area contributed by atoms with Gasteiger partial charge in [-0.15, -0.1) is 0 Å². The third-order valence-electron chi connectivity index (χ3n) is 2.50. The molecule has 0 radical (unpaired) electrons. The maximum Gasteiger partial charge on any atom is 0.416 e. The van der Waals surface area contributed by atoms with Crippen LogP contribution in [0.15, 0.2) is 12.1 Å². The van der Waals surface area contributed by atoms with Crippen LogP contribution >= 0.6 is 0 Å². The summed E-state index contributed by atoms with van der Waals surface area (Å²) in [7, 11) is 0. The lowest BCUT2D eigenvalue weighted by molar-refractivity contribution is -0.137. The Morgan fingerprint density at radius 1 is 1.21 bits per heavy atom. The van der Waals surface area contributed by atoms with E-state index in [-0.39, 0.29) is 18.2 Å². The standard InChI is InChI=1S/C12H18F3N3O/c1-3-9(19)7-17-11-6-8(12(13,14)15)5-10(18-11)16-4-2/h5-6,9,19H,3-4,7H2,1-2H3,(H2,16,17,18). The number of halogens is 3. The highest BCUT2D eigenvalue weighted by atomic mass is 19.4. The summed E-state index contributed by atoms with van der Waals surface area (Å²) in [6.07, 6.45) is -4.52. The van der Waals surface area contributed by atoms with Gasteiger partial charge in [0.25, 0.3) is 0 Å². The van der Waals surface area contributed by atoms with Gasteiger partial charge in [0, 0.05) is 13.1 Å². The molecule has 7 heteroatoms. The molecule has 1 aromatic rings. The molecule has 1 unspecified atom stereocenters. The predicted molar refractivity (Wildman–Crippen MR) is 68.2 cm³/mol. The number of hydrogen-bond acceptors (Lipinski definition) is 4.